The molecule has 3 rings (SSSR count). The number of nitrogens with one attached hydrogen (secondary N) is 1. The van der Waals surface area contributed by atoms with Crippen molar-refractivity contribution >= 4 is 50.7 Å². The molecule has 0 saturated heterocycles. The molecule has 0 aliphatic heterocycles. The molecule has 2 atom stereocenters. The summed E-state index contributed by atoms with van der Waals surface area (Å²) in [5.41, 5.74) is 1.87. The largest absolute Gasteiger partial charge is 0.352 e. The van der Waals surface area contributed by atoms with Gasteiger partial charge in [0.15, 0.2) is 0 Å². The van der Waals surface area contributed by atoms with Crippen molar-refractivity contribution < 1.29 is 18.0 Å². The van der Waals surface area contributed by atoms with Crippen LogP contribution in [0.5, 0.6) is 0 Å². The average molecular weight is 591 g/mol. The van der Waals surface area contributed by atoms with Crippen molar-refractivity contribution in [3.8, 4) is 0 Å². The number of halogens is 2. The van der Waals surface area contributed by atoms with Crippen LogP contribution in [0.25, 0.3) is 0 Å². The van der Waals surface area contributed by atoms with Gasteiger partial charge in [-0.15, -0.1) is 0 Å². The molecule has 0 bridgehead atoms. The van der Waals surface area contributed by atoms with Crippen molar-refractivity contribution in [2.45, 2.75) is 57.6 Å². The fourth-order valence-electron chi connectivity index (χ4n) is 3.97. The van der Waals surface area contributed by atoms with Crippen LogP contribution in [0, 0.1) is 6.92 Å². The molecule has 208 valence electrons. The number of hydrogen-bond acceptors (Lipinski definition) is 4. The van der Waals surface area contributed by atoms with Crippen LogP contribution in [0.15, 0.2) is 77.7 Å². The summed E-state index contributed by atoms with van der Waals surface area (Å²) >= 11 is 12.6. The molecule has 39 heavy (non-hydrogen) atoms. The minimum absolute atomic E-state index is 0.0124. The first-order valence-electron chi connectivity index (χ1n) is 12.6. The number of carbonyl (C=O) groups is 2. The minimum Gasteiger partial charge on any atom is -0.352 e. The third kappa shape index (κ3) is 7.75. The molecule has 0 saturated carbocycles. The lowest BCUT2D eigenvalue weighted by Crippen LogP contribution is -2.52. The Kier molecular flexibility index (Phi) is 10.4. The Hall–Kier alpha value is -3.07. The molecule has 10 heteroatoms. The monoisotopic (exact) mass is 589 g/mol. The predicted molar refractivity (Wildman–Crippen MR) is 157 cm³/mol. The molecule has 3 aromatic carbocycles. The molecule has 0 heterocycles. The number of rotatable bonds is 11. The molecule has 0 unspecified atom stereocenters. The van der Waals surface area contributed by atoms with Gasteiger partial charge in [-0.3, -0.25) is 13.9 Å². The summed E-state index contributed by atoms with van der Waals surface area (Å²) < 4.78 is 28.6. The van der Waals surface area contributed by atoms with Crippen molar-refractivity contribution in [2.24, 2.45) is 0 Å². The van der Waals surface area contributed by atoms with E-state index in [0.717, 1.165) is 21.9 Å². The highest BCUT2D eigenvalue weighted by Gasteiger charge is 2.33. The van der Waals surface area contributed by atoms with E-state index in [0.29, 0.717) is 0 Å². The van der Waals surface area contributed by atoms with Gasteiger partial charge in [-0.2, -0.15) is 0 Å². The van der Waals surface area contributed by atoms with Gasteiger partial charge in [-0.25, -0.2) is 8.42 Å². The van der Waals surface area contributed by atoms with Crippen molar-refractivity contribution in [3.63, 3.8) is 0 Å². The Morgan fingerprint density at radius 2 is 1.64 bits per heavy atom. The summed E-state index contributed by atoms with van der Waals surface area (Å²) in [4.78, 5) is 28.4. The lowest BCUT2D eigenvalue weighted by Gasteiger charge is -2.32. The zero-order valence-electron chi connectivity index (χ0n) is 22.4. The molecule has 0 radical (unpaired) electrons. The first-order valence-corrected chi connectivity index (χ1v) is 14.8. The molecule has 2 amide bonds. The van der Waals surface area contributed by atoms with E-state index in [1.165, 1.54) is 35.2 Å². The zero-order valence-corrected chi connectivity index (χ0v) is 24.7. The fourth-order valence-corrected chi connectivity index (χ4v) is 5.85. The van der Waals surface area contributed by atoms with Crippen LogP contribution in [0.1, 0.15) is 38.3 Å². The molecule has 0 fully saturated rings. The number of aryl methyl sites for hydroxylation is 1. The Bertz CT molecular complexity index is 1420. The van der Waals surface area contributed by atoms with Gasteiger partial charge < -0.3 is 10.2 Å². The lowest BCUT2D eigenvalue weighted by atomic mass is 10.1. The first-order chi connectivity index (χ1) is 18.4. The van der Waals surface area contributed by atoms with Crippen LogP contribution in [0.2, 0.25) is 10.0 Å². The van der Waals surface area contributed by atoms with Gasteiger partial charge in [-0.05, 0) is 63.1 Å². The van der Waals surface area contributed by atoms with Crippen molar-refractivity contribution in [1.29, 1.82) is 0 Å². The third-order valence-corrected chi connectivity index (χ3v) is 8.72. The van der Waals surface area contributed by atoms with Gasteiger partial charge in [0, 0.05) is 17.6 Å². The predicted octanol–water partition coefficient (Wildman–Crippen LogP) is 5.83. The fraction of sp³-hybridized carbons (Fsp3) is 0.310. The maximum Gasteiger partial charge on any atom is 0.264 e. The van der Waals surface area contributed by atoms with Crippen LogP contribution < -0.4 is 9.62 Å². The topological polar surface area (TPSA) is 86.8 Å². The SMILES string of the molecule is CC[C@@H](C)NC(=O)[C@H](C)N(Cc1cccc(C)c1)C(=O)CN(c1cc(Cl)ccc1Cl)S(=O)(=O)c1ccccc1. The van der Waals surface area contributed by atoms with Gasteiger partial charge in [0.05, 0.1) is 15.6 Å². The van der Waals surface area contributed by atoms with E-state index in [1.807, 2.05) is 45.0 Å². The van der Waals surface area contributed by atoms with E-state index < -0.39 is 28.5 Å². The molecule has 1 N–H and O–H groups in total. The van der Waals surface area contributed by atoms with E-state index >= 15 is 0 Å². The van der Waals surface area contributed by atoms with Crippen molar-refractivity contribution in [1.82, 2.24) is 10.2 Å². The van der Waals surface area contributed by atoms with E-state index in [9.17, 15) is 18.0 Å². The molecule has 0 aliphatic carbocycles. The molecule has 0 spiro atoms. The van der Waals surface area contributed by atoms with E-state index in [4.69, 9.17) is 23.2 Å². The average Bonchev–Trinajstić information content (AvgIpc) is 2.91. The van der Waals surface area contributed by atoms with Crippen LogP contribution in [0.3, 0.4) is 0 Å². The van der Waals surface area contributed by atoms with Crippen molar-refractivity contribution in [3.05, 3.63) is 94.0 Å². The first kappa shape index (κ1) is 30.5. The van der Waals surface area contributed by atoms with Gasteiger partial charge >= 0.3 is 0 Å². The highest BCUT2D eigenvalue weighted by Crippen LogP contribution is 2.33. The van der Waals surface area contributed by atoms with Crippen LogP contribution >= 0.6 is 23.2 Å². The van der Waals surface area contributed by atoms with E-state index in [-0.39, 0.29) is 39.1 Å². The van der Waals surface area contributed by atoms with Gasteiger partial charge in [0.25, 0.3) is 10.0 Å². The number of hydrogen-bond donors (Lipinski definition) is 1. The van der Waals surface area contributed by atoms with Gasteiger partial charge in [-0.1, -0.05) is 78.2 Å². The number of nitrogens with zero attached hydrogens (tertiary/aromatic N) is 2. The number of sulfonamides is 1. The van der Waals surface area contributed by atoms with Crippen LogP contribution in [-0.4, -0.2) is 43.8 Å². The second kappa shape index (κ2) is 13.3. The molecule has 7 nitrogen and oxygen atoms in total. The Morgan fingerprint density at radius 3 is 2.28 bits per heavy atom. The molecule has 3 aromatic rings. The van der Waals surface area contributed by atoms with Gasteiger partial charge in [0.1, 0.15) is 12.6 Å². The molecular weight excluding hydrogens is 557 g/mol. The second-order valence-electron chi connectivity index (χ2n) is 9.43. The van der Waals surface area contributed by atoms with Crippen LogP contribution in [-0.2, 0) is 26.2 Å². The molecule has 0 aromatic heterocycles. The summed E-state index contributed by atoms with van der Waals surface area (Å²) in [6.07, 6.45) is 0.723. The maximum atomic E-state index is 14.0. The third-order valence-electron chi connectivity index (χ3n) is 6.39. The van der Waals surface area contributed by atoms with Crippen LogP contribution in [0.4, 0.5) is 5.69 Å². The standard InChI is InChI=1S/C29H33Cl2N3O4S/c1-5-21(3)32-29(36)22(4)33(18-23-11-9-10-20(2)16-23)28(35)19-34(27-17-24(30)14-15-26(27)31)39(37,38)25-12-7-6-8-13-25/h6-17,21-22H,5,18-19H2,1-4H3,(H,32,36)/t21-,22+/m1/s1. The Labute approximate surface area is 240 Å². The second-order valence-corrected chi connectivity index (χ2v) is 12.1. The zero-order chi connectivity index (χ0) is 28.7. The number of anilines is 1. The van der Waals surface area contributed by atoms with E-state index in [2.05, 4.69) is 5.32 Å². The lowest BCUT2D eigenvalue weighted by molar-refractivity contribution is -0.139. The normalized spacial score (nSPS) is 12.9. The van der Waals surface area contributed by atoms with Gasteiger partial charge in [0.2, 0.25) is 11.8 Å². The quantitative estimate of drug-likeness (QED) is 0.305. The summed E-state index contributed by atoms with van der Waals surface area (Å²) in [7, 11) is -4.23. The summed E-state index contributed by atoms with van der Waals surface area (Å²) in [6.45, 7) is 6.92. The van der Waals surface area contributed by atoms with Crippen molar-refractivity contribution in [2.75, 3.05) is 10.8 Å². The summed E-state index contributed by atoms with van der Waals surface area (Å²) in [6, 6.07) is 18.8. The highest BCUT2D eigenvalue weighted by atomic mass is 35.5. The number of carbonyl (C=O) groups excluding carboxylic acids is 2. The summed E-state index contributed by atoms with van der Waals surface area (Å²) in [5, 5.41) is 3.28. The number of benzene rings is 3. The molecule has 0 aliphatic rings. The maximum absolute atomic E-state index is 14.0. The smallest absolute Gasteiger partial charge is 0.264 e. The minimum atomic E-state index is -4.23. The Balaban J connectivity index is 2.06. The Morgan fingerprint density at radius 1 is 0.949 bits per heavy atom. The highest BCUT2D eigenvalue weighted by molar-refractivity contribution is 7.92. The molecular formula is C29H33Cl2N3O4S. The summed E-state index contributed by atoms with van der Waals surface area (Å²) in [5.74, 6) is -0.900. The number of amides is 2. The van der Waals surface area contributed by atoms with E-state index in [1.54, 1.807) is 25.1 Å².